The first-order chi connectivity index (χ1) is 15.6. The average Bonchev–Trinajstić information content (AvgIpc) is 2.79. The summed E-state index contributed by atoms with van der Waals surface area (Å²) in [6.07, 6.45) is 6.52. The van der Waals surface area contributed by atoms with E-state index in [0.717, 1.165) is 5.56 Å². The minimum atomic E-state index is -2.17. The van der Waals surface area contributed by atoms with E-state index >= 15 is 0 Å². The van der Waals surface area contributed by atoms with Gasteiger partial charge in [0.2, 0.25) is 0 Å². The fraction of sp³-hybridized carbons (Fsp3) is 0.778. The van der Waals surface area contributed by atoms with Crippen molar-refractivity contribution in [2.24, 2.45) is 0 Å². The van der Waals surface area contributed by atoms with Crippen LogP contribution >= 0.6 is 0 Å². The zero-order valence-electron chi connectivity index (χ0n) is 22.8. The number of hydrogen-bond acceptors (Lipinski definition) is 4. The Hall–Kier alpha value is -0.506. The standard InChI is InChI=1S/C27H52O4Si2/c1-9-12-20-33(21-13-10-2,22-14-11-3)31-24(4)26(30-23-29-5)27(28,32(6,7)8)25-18-16-15-17-19-25/h15-19,24,26,28H,9-14,20-23H2,1-8H3/t24-,26+,27-/m1/s1. The number of methoxy groups -OCH3 is 1. The maximum Gasteiger partial charge on any atom is 0.193 e. The van der Waals surface area contributed by atoms with Crippen molar-refractivity contribution in [3.05, 3.63) is 35.9 Å². The molecule has 0 heterocycles. The van der Waals surface area contributed by atoms with Gasteiger partial charge in [-0.05, 0) is 30.6 Å². The van der Waals surface area contributed by atoms with Gasteiger partial charge in [0.1, 0.15) is 18.1 Å². The molecule has 0 fully saturated rings. The van der Waals surface area contributed by atoms with Crippen LogP contribution in [0, 0.1) is 0 Å². The van der Waals surface area contributed by atoms with Gasteiger partial charge in [0.05, 0.1) is 14.2 Å². The number of aliphatic hydroxyl groups is 1. The van der Waals surface area contributed by atoms with Crippen LogP contribution in [0.4, 0.5) is 0 Å². The first kappa shape index (κ1) is 30.5. The van der Waals surface area contributed by atoms with E-state index in [1.165, 1.54) is 56.7 Å². The molecular formula is C27H52O4Si2. The molecule has 0 spiro atoms. The highest BCUT2D eigenvalue weighted by Crippen LogP contribution is 2.41. The summed E-state index contributed by atoms with van der Waals surface area (Å²) >= 11 is 0. The van der Waals surface area contributed by atoms with Crippen molar-refractivity contribution in [1.82, 2.24) is 0 Å². The molecule has 0 amide bonds. The van der Waals surface area contributed by atoms with E-state index in [0.29, 0.717) is 0 Å². The third-order valence-corrected chi connectivity index (χ3v) is 14.5. The van der Waals surface area contributed by atoms with Crippen molar-refractivity contribution in [3.8, 4) is 0 Å². The molecule has 33 heavy (non-hydrogen) atoms. The molecule has 0 unspecified atom stereocenters. The minimum Gasteiger partial charge on any atom is -0.411 e. The number of hydrogen-bond donors (Lipinski definition) is 1. The minimum absolute atomic E-state index is 0.144. The third kappa shape index (κ3) is 8.58. The molecule has 0 aromatic heterocycles. The summed E-state index contributed by atoms with van der Waals surface area (Å²) in [7, 11) is -2.51. The van der Waals surface area contributed by atoms with Gasteiger partial charge in [-0.25, -0.2) is 0 Å². The molecule has 0 aliphatic carbocycles. The van der Waals surface area contributed by atoms with Gasteiger partial charge in [-0.3, -0.25) is 0 Å². The summed E-state index contributed by atoms with van der Waals surface area (Å²) in [6, 6.07) is 13.7. The summed E-state index contributed by atoms with van der Waals surface area (Å²) < 4.78 is 18.8. The SMILES string of the molecule is CCCC[Si](CCCC)(CCCC)O[C@H](C)[C@H](OCOC)[C@@](O)(c1ccccc1)[Si](C)(C)C. The number of benzene rings is 1. The Kier molecular flexibility index (Phi) is 13.7. The van der Waals surface area contributed by atoms with Crippen LogP contribution in [-0.2, 0) is 19.1 Å². The normalized spacial score (nSPS) is 16.4. The highest BCUT2D eigenvalue weighted by Gasteiger charge is 2.53. The molecular weight excluding hydrogens is 444 g/mol. The van der Waals surface area contributed by atoms with Crippen molar-refractivity contribution in [3.63, 3.8) is 0 Å². The summed E-state index contributed by atoms with van der Waals surface area (Å²) in [4.78, 5) is 0. The molecule has 0 saturated heterocycles. The zero-order valence-corrected chi connectivity index (χ0v) is 24.8. The molecule has 1 aromatic rings. The van der Waals surface area contributed by atoms with E-state index in [9.17, 15) is 5.11 Å². The lowest BCUT2D eigenvalue weighted by Crippen LogP contribution is -2.63. The molecule has 4 nitrogen and oxygen atoms in total. The van der Waals surface area contributed by atoms with Crippen LogP contribution in [0.3, 0.4) is 0 Å². The molecule has 1 aromatic carbocycles. The quantitative estimate of drug-likeness (QED) is 0.169. The molecule has 0 saturated carbocycles. The van der Waals surface area contributed by atoms with Gasteiger partial charge in [-0.1, -0.05) is 109 Å². The third-order valence-electron chi connectivity index (χ3n) is 6.95. The maximum atomic E-state index is 12.4. The van der Waals surface area contributed by atoms with E-state index in [-0.39, 0.29) is 12.9 Å². The Labute approximate surface area is 206 Å². The van der Waals surface area contributed by atoms with Gasteiger partial charge in [-0.15, -0.1) is 0 Å². The number of rotatable bonds is 18. The molecule has 3 atom stereocenters. The highest BCUT2D eigenvalue weighted by molar-refractivity contribution is 6.78. The molecule has 0 aliphatic heterocycles. The first-order valence-electron chi connectivity index (χ1n) is 13.2. The van der Waals surface area contributed by atoms with Crippen LogP contribution in [0.1, 0.15) is 71.8 Å². The van der Waals surface area contributed by atoms with Crippen LogP contribution in [0.5, 0.6) is 0 Å². The van der Waals surface area contributed by atoms with E-state index < -0.39 is 27.7 Å². The lowest BCUT2D eigenvalue weighted by molar-refractivity contribution is -0.164. The molecule has 0 bridgehead atoms. The summed E-state index contributed by atoms with van der Waals surface area (Å²) in [5, 5.41) is 11.3. The molecule has 0 aliphatic rings. The Balaban J connectivity index is 3.44. The molecule has 192 valence electrons. The van der Waals surface area contributed by atoms with E-state index in [4.69, 9.17) is 13.9 Å². The second kappa shape index (κ2) is 14.8. The topological polar surface area (TPSA) is 47.9 Å². The average molecular weight is 497 g/mol. The summed E-state index contributed by atoms with van der Waals surface area (Å²) in [5.41, 5.74) is 0.920. The largest absolute Gasteiger partial charge is 0.411 e. The molecule has 1 N–H and O–H groups in total. The van der Waals surface area contributed by atoms with E-state index in [2.05, 4.69) is 47.3 Å². The number of unbranched alkanes of at least 4 members (excludes halogenated alkanes) is 3. The van der Waals surface area contributed by atoms with Gasteiger partial charge >= 0.3 is 0 Å². The van der Waals surface area contributed by atoms with Crippen LogP contribution in [0.25, 0.3) is 0 Å². The smallest absolute Gasteiger partial charge is 0.193 e. The van der Waals surface area contributed by atoms with Crippen LogP contribution in [0.2, 0.25) is 37.8 Å². The van der Waals surface area contributed by atoms with Gasteiger partial charge < -0.3 is 19.0 Å². The second-order valence-electron chi connectivity index (χ2n) is 10.7. The maximum absolute atomic E-state index is 12.4. The Morgan fingerprint density at radius 2 is 1.36 bits per heavy atom. The Morgan fingerprint density at radius 1 is 0.879 bits per heavy atom. The Morgan fingerprint density at radius 3 is 1.76 bits per heavy atom. The van der Waals surface area contributed by atoms with Crippen LogP contribution < -0.4 is 0 Å². The fourth-order valence-corrected chi connectivity index (χ4v) is 12.2. The summed E-state index contributed by atoms with van der Waals surface area (Å²) in [6.45, 7) is 15.7. The van der Waals surface area contributed by atoms with Gasteiger partial charge in [0.25, 0.3) is 0 Å². The van der Waals surface area contributed by atoms with E-state index in [1.54, 1.807) is 7.11 Å². The fourth-order valence-electron chi connectivity index (χ4n) is 4.96. The lowest BCUT2D eigenvalue weighted by atomic mass is 10.00. The van der Waals surface area contributed by atoms with Crippen molar-refractivity contribution >= 4 is 16.4 Å². The monoisotopic (exact) mass is 496 g/mol. The molecule has 1 rings (SSSR count). The second-order valence-corrected chi connectivity index (χ2v) is 20.1. The predicted octanol–water partition coefficient (Wildman–Crippen LogP) is 7.49. The lowest BCUT2D eigenvalue weighted by Gasteiger charge is -2.48. The zero-order chi connectivity index (χ0) is 25.0. The van der Waals surface area contributed by atoms with Crippen molar-refractivity contribution in [1.29, 1.82) is 0 Å². The van der Waals surface area contributed by atoms with Gasteiger partial charge in [0.15, 0.2) is 8.32 Å². The number of ether oxygens (including phenoxy) is 2. The van der Waals surface area contributed by atoms with Crippen LogP contribution in [-0.4, -0.2) is 47.6 Å². The van der Waals surface area contributed by atoms with Crippen molar-refractivity contribution in [2.75, 3.05) is 13.9 Å². The van der Waals surface area contributed by atoms with Gasteiger partial charge in [0, 0.05) is 7.11 Å². The molecule has 0 radical (unpaired) electrons. The Bertz CT molecular complexity index is 613. The van der Waals surface area contributed by atoms with E-state index in [1.807, 2.05) is 30.3 Å². The van der Waals surface area contributed by atoms with Gasteiger partial charge in [-0.2, -0.15) is 0 Å². The first-order valence-corrected chi connectivity index (χ1v) is 19.2. The van der Waals surface area contributed by atoms with Crippen LogP contribution in [0.15, 0.2) is 30.3 Å². The predicted molar refractivity (Wildman–Crippen MR) is 146 cm³/mol. The molecule has 6 heteroatoms. The highest BCUT2D eigenvalue weighted by atomic mass is 28.4. The van der Waals surface area contributed by atoms with Crippen molar-refractivity contribution < 1.29 is 19.0 Å². The van der Waals surface area contributed by atoms with Crippen molar-refractivity contribution in [2.45, 2.75) is 121 Å². The summed E-state index contributed by atoms with van der Waals surface area (Å²) in [5.74, 6) is 0.